The van der Waals surface area contributed by atoms with Crippen LogP contribution < -0.4 is 11.6 Å². The number of rotatable bonds is 0. The summed E-state index contributed by atoms with van der Waals surface area (Å²) in [6, 6.07) is 0. The van der Waals surface area contributed by atoms with E-state index < -0.39 is 0 Å². The molecule has 4 heteroatoms. The van der Waals surface area contributed by atoms with Crippen molar-refractivity contribution in [3.8, 4) is 0 Å². The molecule has 15 heavy (non-hydrogen) atoms. The Morgan fingerprint density at radius 3 is 1.67 bits per heavy atom. The Balaban J connectivity index is 3.38. The lowest BCUT2D eigenvalue weighted by atomic mass is 9.92. The summed E-state index contributed by atoms with van der Waals surface area (Å²) >= 11 is 0. The predicted octanol–water partition coefficient (Wildman–Crippen LogP) is 1.77. The van der Waals surface area contributed by atoms with E-state index in [1.165, 1.54) is 4.68 Å². The minimum absolute atomic E-state index is 0.0747. The molecule has 1 aromatic rings. The third-order valence-electron chi connectivity index (χ3n) is 2.33. The van der Waals surface area contributed by atoms with Gasteiger partial charge in [0.05, 0.1) is 5.69 Å². The van der Waals surface area contributed by atoms with E-state index in [1.54, 1.807) is 0 Å². The standard InChI is InChI=1S/C11H22N4/c1-10(2,3)7-8(12)15(13)9(14-7)11(4,5)6/h12-13H2,1-6H3. The highest BCUT2D eigenvalue weighted by Gasteiger charge is 2.28. The minimum atomic E-state index is -0.0909. The maximum atomic E-state index is 5.96. The molecular weight excluding hydrogens is 188 g/mol. The van der Waals surface area contributed by atoms with Crippen molar-refractivity contribution in [2.75, 3.05) is 11.6 Å². The number of nitrogens with zero attached hydrogens (tertiary/aromatic N) is 2. The summed E-state index contributed by atoms with van der Waals surface area (Å²) in [5.41, 5.74) is 6.67. The second-order valence-electron chi connectivity index (χ2n) is 6.04. The van der Waals surface area contributed by atoms with Crippen LogP contribution >= 0.6 is 0 Å². The molecule has 0 aliphatic rings. The Morgan fingerprint density at radius 2 is 1.47 bits per heavy atom. The van der Waals surface area contributed by atoms with Gasteiger partial charge in [0.2, 0.25) is 0 Å². The van der Waals surface area contributed by atoms with Gasteiger partial charge in [-0.3, -0.25) is 0 Å². The maximum Gasteiger partial charge on any atom is 0.146 e. The van der Waals surface area contributed by atoms with E-state index in [0.29, 0.717) is 5.82 Å². The predicted molar refractivity (Wildman–Crippen MR) is 64.2 cm³/mol. The van der Waals surface area contributed by atoms with E-state index >= 15 is 0 Å². The summed E-state index contributed by atoms with van der Waals surface area (Å²) in [5.74, 6) is 7.30. The van der Waals surface area contributed by atoms with Gasteiger partial charge < -0.3 is 11.6 Å². The molecule has 0 atom stereocenters. The number of hydrogen-bond acceptors (Lipinski definition) is 3. The van der Waals surface area contributed by atoms with Gasteiger partial charge >= 0.3 is 0 Å². The quantitative estimate of drug-likeness (QED) is 0.641. The van der Waals surface area contributed by atoms with E-state index in [1.807, 2.05) is 0 Å². The van der Waals surface area contributed by atoms with Gasteiger partial charge in [0, 0.05) is 10.8 Å². The average molecular weight is 210 g/mol. The third kappa shape index (κ3) is 2.08. The molecule has 0 fully saturated rings. The number of anilines is 1. The number of hydrogen-bond donors (Lipinski definition) is 2. The third-order valence-corrected chi connectivity index (χ3v) is 2.33. The zero-order valence-corrected chi connectivity index (χ0v) is 10.5. The van der Waals surface area contributed by atoms with Gasteiger partial charge in [0.1, 0.15) is 11.6 Å². The van der Waals surface area contributed by atoms with Crippen LogP contribution in [0.5, 0.6) is 0 Å². The van der Waals surface area contributed by atoms with Crippen molar-refractivity contribution in [3.63, 3.8) is 0 Å². The van der Waals surface area contributed by atoms with Crippen LogP contribution in [0.3, 0.4) is 0 Å². The molecule has 0 saturated heterocycles. The zero-order valence-electron chi connectivity index (χ0n) is 10.5. The minimum Gasteiger partial charge on any atom is -0.382 e. The molecule has 0 radical (unpaired) electrons. The van der Waals surface area contributed by atoms with Gasteiger partial charge in [-0.1, -0.05) is 41.5 Å². The summed E-state index contributed by atoms with van der Waals surface area (Å²) in [4.78, 5) is 4.56. The molecule has 0 unspecified atom stereocenters. The molecule has 86 valence electrons. The lowest BCUT2D eigenvalue weighted by molar-refractivity contribution is 0.522. The number of nitrogens with two attached hydrogens (primary N) is 2. The first-order valence-electron chi connectivity index (χ1n) is 5.19. The fourth-order valence-corrected chi connectivity index (χ4v) is 1.53. The molecule has 0 bridgehead atoms. The second kappa shape index (κ2) is 3.15. The molecule has 0 aliphatic heterocycles. The normalized spacial score (nSPS) is 13.2. The average Bonchev–Trinajstić information content (AvgIpc) is 2.26. The number of aromatic nitrogens is 2. The van der Waals surface area contributed by atoms with Gasteiger partial charge in [-0.2, -0.15) is 0 Å². The topological polar surface area (TPSA) is 69.9 Å². The van der Waals surface area contributed by atoms with Crippen molar-refractivity contribution >= 4 is 5.82 Å². The van der Waals surface area contributed by atoms with E-state index in [-0.39, 0.29) is 10.8 Å². The van der Waals surface area contributed by atoms with Gasteiger partial charge in [-0.25, -0.2) is 9.66 Å². The van der Waals surface area contributed by atoms with E-state index in [4.69, 9.17) is 11.6 Å². The van der Waals surface area contributed by atoms with Crippen molar-refractivity contribution in [1.29, 1.82) is 0 Å². The molecule has 0 amide bonds. The van der Waals surface area contributed by atoms with Crippen LogP contribution in [0, 0.1) is 0 Å². The van der Waals surface area contributed by atoms with Crippen LogP contribution in [-0.4, -0.2) is 9.66 Å². The van der Waals surface area contributed by atoms with Crippen molar-refractivity contribution in [3.05, 3.63) is 11.5 Å². The van der Waals surface area contributed by atoms with Crippen LogP contribution in [0.1, 0.15) is 53.1 Å². The van der Waals surface area contributed by atoms with E-state index in [0.717, 1.165) is 11.5 Å². The Labute approximate surface area is 91.6 Å². The lowest BCUT2D eigenvalue weighted by Gasteiger charge is -2.17. The molecule has 0 spiro atoms. The largest absolute Gasteiger partial charge is 0.382 e. The van der Waals surface area contributed by atoms with Crippen molar-refractivity contribution < 1.29 is 0 Å². The van der Waals surface area contributed by atoms with Crippen LogP contribution in [0.2, 0.25) is 0 Å². The Morgan fingerprint density at radius 1 is 1.00 bits per heavy atom. The first kappa shape index (κ1) is 11.9. The molecule has 0 aromatic carbocycles. The zero-order chi connectivity index (χ0) is 12.0. The van der Waals surface area contributed by atoms with Crippen LogP contribution in [0.4, 0.5) is 5.82 Å². The molecule has 1 heterocycles. The summed E-state index contributed by atoms with van der Waals surface area (Å²) < 4.78 is 1.50. The molecule has 0 saturated carbocycles. The van der Waals surface area contributed by atoms with E-state index in [2.05, 4.69) is 46.5 Å². The van der Waals surface area contributed by atoms with Crippen LogP contribution in [0.25, 0.3) is 0 Å². The highest BCUT2D eigenvalue weighted by Crippen LogP contribution is 2.30. The van der Waals surface area contributed by atoms with Crippen LogP contribution in [-0.2, 0) is 10.8 Å². The summed E-state index contributed by atoms with van der Waals surface area (Å²) in [6.45, 7) is 12.5. The molecule has 1 rings (SSSR count). The van der Waals surface area contributed by atoms with E-state index in [9.17, 15) is 0 Å². The first-order chi connectivity index (χ1) is 6.55. The SMILES string of the molecule is CC(C)(C)c1nc(C(C)(C)C)n(N)c1N. The van der Waals surface area contributed by atoms with Crippen molar-refractivity contribution in [2.45, 2.75) is 52.4 Å². The smallest absolute Gasteiger partial charge is 0.146 e. The highest BCUT2D eigenvalue weighted by atomic mass is 15.4. The number of nitrogen functional groups attached to an aromatic ring is 2. The highest BCUT2D eigenvalue weighted by molar-refractivity contribution is 5.43. The summed E-state index contributed by atoms with van der Waals surface area (Å²) in [6.07, 6.45) is 0. The molecule has 4 N–H and O–H groups in total. The Hall–Kier alpha value is -1.19. The second-order valence-corrected chi connectivity index (χ2v) is 6.04. The monoisotopic (exact) mass is 210 g/mol. The molecule has 1 aromatic heterocycles. The summed E-state index contributed by atoms with van der Waals surface area (Å²) in [7, 11) is 0. The Bertz CT molecular complexity index is 329. The van der Waals surface area contributed by atoms with Crippen molar-refractivity contribution in [1.82, 2.24) is 9.66 Å². The maximum absolute atomic E-state index is 5.96. The summed E-state index contributed by atoms with van der Waals surface area (Å²) in [5, 5.41) is 0. The molecule has 0 aliphatic carbocycles. The van der Waals surface area contributed by atoms with Crippen LogP contribution in [0.15, 0.2) is 0 Å². The molecular formula is C11H22N4. The van der Waals surface area contributed by atoms with Gasteiger partial charge in [-0.15, -0.1) is 0 Å². The number of imidazole rings is 1. The fourth-order valence-electron chi connectivity index (χ4n) is 1.53. The Kier molecular flexibility index (Phi) is 2.50. The fraction of sp³-hybridized carbons (Fsp3) is 0.727. The lowest BCUT2D eigenvalue weighted by Crippen LogP contribution is -2.24. The van der Waals surface area contributed by atoms with Gasteiger partial charge in [-0.05, 0) is 0 Å². The van der Waals surface area contributed by atoms with Gasteiger partial charge in [0.25, 0.3) is 0 Å². The van der Waals surface area contributed by atoms with Crippen molar-refractivity contribution in [2.24, 2.45) is 0 Å². The molecule has 4 nitrogen and oxygen atoms in total. The first-order valence-corrected chi connectivity index (χ1v) is 5.19. The van der Waals surface area contributed by atoms with Gasteiger partial charge in [0.15, 0.2) is 0 Å².